The van der Waals surface area contributed by atoms with Crippen LogP contribution in [0.5, 0.6) is 0 Å². The molecule has 2 aromatic rings. The zero-order chi connectivity index (χ0) is 19.3. The maximum absolute atomic E-state index is 9.93. The van der Waals surface area contributed by atoms with Crippen molar-refractivity contribution in [3.63, 3.8) is 0 Å². The standard InChI is InChI=1S/C24H27NOSi/c1-24(2,3)23(19-25)26-27(20-13-7-4-8-14-20,21-15-9-5-10-16-21)22-17-11-6-12-18-22/h4-5,7-18,22-23H,6H2,1-3H3. The van der Waals surface area contributed by atoms with Crippen LogP contribution >= 0.6 is 0 Å². The van der Waals surface area contributed by atoms with Crippen molar-refractivity contribution in [2.75, 3.05) is 0 Å². The Morgan fingerprint density at radius 3 is 1.81 bits per heavy atom. The summed E-state index contributed by atoms with van der Waals surface area (Å²) in [5, 5.41) is 12.3. The van der Waals surface area contributed by atoms with E-state index in [9.17, 15) is 5.26 Å². The smallest absolute Gasteiger partial charge is 0.268 e. The lowest BCUT2D eigenvalue weighted by Gasteiger charge is -2.41. The third-order valence-corrected chi connectivity index (χ3v) is 9.35. The molecule has 27 heavy (non-hydrogen) atoms. The molecule has 3 rings (SSSR count). The number of hydrogen-bond acceptors (Lipinski definition) is 2. The van der Waals surface area contributed by atoms with E-state index in [0.717, 1.165) is 6.42 Å². The normalized spacial score (nSPS) is 16.1. The SMILES string of the molecule is CC(C)(C)C(C#N)O[Si](c1ccccc1)(c1ccccc1)C1C=CCC=C1. The fourth-order valence-electron chi connectivity index (χ4n) is 3.58. The first-order valence-electron chi connectivity index (χ1n) is 9.50. The van der Waals surface area contributed by atoms with E-state index in [1.165, 1.54) is 10.4 Å². The maximum Gasteiger partial charge on any atom is 0.268 e. The predicted octanol–water partition coefficient (Wildman–Crippen LogP) is 4.59. The molecule has 0 aromatic heterocycles. The Morgan fingerprint density at radius 1 is 0.926 bits per heavy atom. The van der Waals surface area contributed by atoms with Gasteiger partial charge in [-0.15, -0.1) is 0 Å². The molecule has 1 aliphatic rings. The summed E-state index contributed by atoms with van der Waals surface area (Å²) in [5.74, 6) is 0. The fourth-order valence-corrected chi connectivity index (χ4v) is 8.08. The highest BCUT2D eigenvalue weighted by Gasteiger charge is 2.48. The van der Waals surface area contributed by atoms with Crippen LogP contribution in [0, 0.1) is 16.7 Å². The first kappa shape index (κ1) is 19.4. The van der Waals surface area contributed by atoms with Gasteiger partial charge in [-0.1, -0.05) is 106 Å². The molecule has 0 aliphatic heterocycles. The van der Waals surface area contributed by atoms with Crippen LogP contribution in [-0.4, -0.2) is 14.4 Å². The van der Waals surface area contributed by atoms with E-state index < -0.39 is 14.4 Å². The summed E-state index contributed by atoms with van der Waals surface area (Å²) in [6.45, 7) is 6.22. The second-order valence-electron chi connectivity index (χ2n) is 8.08. The molecular weight excluding hydrogens is 346 g/mol. The van der Waals surface area contributed by atoms with Gasteiger partial charge in [0.05, 0.1) is 6.07 Å². The largest absolute Gasteiger partial charge is 0.391 e. The summed E-state index contributed by atoms with van der Waals surface area (Å²) >= 11 is 0. The first-order chi connectivity index (χ1) is 13.0. The molecule has 0 saturated heterocycles. The molecule has 1 atom stereocenters. The van der Waals surface area contributed by atoms with E-state index in [2.05, 4.69) is 99.7 Å². The van der Waals surface area contributed by atoms with Crippen LogP contribution in [0.2, 0.25) is 5.54 Å². The molecule has 0 spiro atoms. The summed E-state index contributed by atoms with van der Waals surface area (Å²) in [7, 11) is -2.74. The van der Waals surface area contributed by atoms with Crippen molar-refractivity contribution in [1.29, 1.82) is 5.26 Å². The third-order valence-electron chi connectivity index (χ3n) is 5.04. The van der Waals surface area contributed by atoms with Crippen LogP contribution < -0.4 is 10.4 Å². The monoisotopic (exact) mass is 373 g/mol. The van der Waals surface area contributed by atoms with Crippen molar-refractivity contribution in [2.45, 2.75) is 38.8 Å². The number of rotatable bonds is 5. The lowest BCUT2D eigenvalue weighted by molar-refractivity contribution is 0.130. The highest BCUT2D eigenvalue weighted by molar-refractivity contribution is 6.99. The Balaban J connectivity index is 2.25. The third kappa shape index (κ3) is 3.97. The van der Waals surface area contributed by atoms with Crippen molar-refractivity contribution in [1.82, 2.24) is 0 Å². The van der Waals surface area contributed by atoms with Gasteiger partial charge in [0.25, 0.3) is 8.32 Å². The number of hydrogen-bond donors (Lipinski definition) is 0. The number of nitriles is 1. The van der Waals surface area contributed by atoms with Gasteiger partial charge < -0.3 is 4.43 Å². The molecule has 0 amide bonds. The quantitative estimate of drug-likeness (QED) is 0.567. The highest BCUT2D eigenvalue weighted by Crippen LogP contribution is 2.34. The fraction of sp³-hybridized carbons (Fsp3) is 0.292. The molecule has 0 bridgehead atoms. The van der Waals surface area contributed by atoms with Crippen molar-refractivity contribution in [3.8, 4) is 6.07 Å². The molecule has 0 N–H and O–H groups in total. The second kappa shape index (κ2) is 8.08. The lowest BCUT2D eigenvalue weighted by atomic mass is 9.90. The molecular formula is C24H27NOSi. The van der Waals surface area contributed by atoms with Gasteiger partial charge in [0, 0.05) is 11.0 Å². The van der Waals surface area contributed by atoms with Gasteiger partial charge in [-0.05, 0) is 16.8 Å². The van der Waals surface area contributed by atoms with E-state index in [4.69, 9.17) is 4.43 Å². The first-order valence-corrected chi connectivity index (χ1v) is 11.5. The van der Waals surface area contributed by atoms with Crippen molar-refractivity contribution >= 4 is 18.7 Å². The van der Waals surface area contributed by atoms with Crippen LogP contribution in [0.4, 0.5) is 0 Å². The van der Waals surface area contributed by atoms with Gasteiger partial charge in [0.15, 0.2) is 0 Å². The van der Waals surface area contributed by atoms with Gasteiger partial charge in [0.2, 0.25) is 0 Å². The number of benzene rings is 2. The van der Waals surface area contributed by atoms with Crippen LogP contribution in [0.15, 0.2) is 85.0 Å². The molecule has 0 radical (unpaired) electrons. The van der Waals surface area contributed by atoms with Gasteiger partial charge in [-0.3, -0.25) is 0 Å². The highest BCUT2D eigenvalue weighted by atomic mass is 28.4. The Labute approximate surface area is 163 Å². The Hall–Kier alpha value is -2.41. The lowest BCUT2D eigenvalue weighted by Crippen LogP contribution is -2.65. The van der Waals surface area contributed by atoms with E-state index in [1.807, 2.05) is 12.1 Å². The molecule has 1 aliphatic carbocycles. The van der Waals surface area contributed by atoms with E-state index in [0.29, 0.717) is 0 Å². The molecule has 0 saturated carbocycles. The van der Waals surface area contributed by atoms with Gasteiger partial charge in [-0.2, -0.15) is 5.26 Å². The second-order valence-corrected chi connectivity index (χ2v) is 11.6. The average molecular weight is 374 g/mol. The topological polar surface area (TPSA) is 33.0 Å². The summed E-state index contributed by atoms with van der Waals surface area (Å²) in [6, 6.07) is 23.4. The van der Waals surface area contributed by atoms with Crippen molar-refractivity contribution in [3.05, 3.63) is 85.0 Å². The van der Waals surface area contributed by atoms with Crippen LogP contribution in [0.25, 0.3) is 0 Å². The zero-order valence-electron chi connectivity index (χ0n) is 16.3. The molecule has 0 fully saturated rings. The van der Waals surface area contributed by atoms with Crippen molar-refractivity contribution in [2.24, 2.45) is 5.41 Å². The van der Waals surface area contributed by atoms with E-state index in [-0.39, 0.29) is 11.0 Å². The van der Waals surface area contributed by atoms with Gasteiger partial charge in [0.1, 0.15) is 6.10 Å². The maximum atomic E-state index is 9.93. The number of allylic oxidation sites excluding steroid dienone is 4. The molecule has 2 aromatic carbocycles. The minimum atomic E-state index is -2.74. The number of nitrogens with zero attached hydrogens (tertiary/aromatic N) is 1. The van der Waals surface area contributed by atoms with Gasteiger partial charge >= 0.3 is 0 Å². The predicted molar refractivity (Wildman–Crippen MR) is 114 cm³/mol. The molecule has 138 valence electrons. The summed E-state index contributed by atoms with van der Waals surface area (Å²) in [4.78, 5) is 0. The molecule has 1 unspecified atom stereocenters. The molecule has 3 heteroatoms. The minimum absolute atomic E-state index is 0.147. The van der Waals surface area contributed by atoms with Crippen LogP contribution in [0.3, 0.4) is 0 Å². The van der Waals surface area contributed by atoms with E-state index in [1.54, 1.807) is 0 Å². The summed E-state index contributed by atoms with van der Waals surface area (Å²) < 4.78 is 6.94. The summed E-state index contributed by atoms with van der Waals surface area (Å²) in [5.41, 5.74) is -0.118. The summed E-state index contributed by atoms with van der Waals surface area (Å²) in [6.07, 6.45) is 9.41. The van der Waals surface area contributed by atoms with Crippen LogP contribution in [-0.2, 0) is 4.43 Å². The Bertz CT molecular complexity index is 792. The average Bonchev–Trinajstić information content (AvgIpc) is 2.70. The van der Waals surface area contributed by atoms with E-state index >= 15 is 0 Å². The molecule has 0 heterocycles. The molecule has 2 nitrogen and oxygen atoms in total. The minimum Gasteiger partial charge on any atom is -0.391 e. The van der Waals surface area contributed by atoms with Gasteiger partial charge in [-0.25, -0.2) is 0 Å². The Kier molecular flexibility index (Phi) is 5.79. The zero-order valence-corrected chi connectivity index (χ0v) is 17.3. The van der Waals surface area contributed by atoms with Crippen molar-refractivity contribution < 1.29 is 4.43 Å². The van der Waals surface area contributed by atoms with Crippen LogP contribution in [0.1, 0.15) is 27.2 Å². The Morgan fingerprint density at radius 2 is 1.41 bits per heavy atom.